The van der Waals surface area contributed by atoms with Gasteiger partial charge in [0.1, 0.15) is 0 Å². The van der Waals surface area contributed by atoms with Gasteiger partial charge in [0, 0.05) is 12.4 Å². The first kappa shape index (κ1) is 17.8. The summed E-state index contributed by atoms with van der Waals surface area (Å²) >= 11 is 9.64. The van der Waals surface area contributed by atoms with Crippen molar-refractivity contribution >= 4 is 44.9 Å². The van der Waals surface area contributed by atoms with E-state index in [1.54, 1.807) is 12.4 Å². The molecule has 1 aromatic heterocycles. The van der Waals surface area contributed by atoms with Crippen LogP contribution in [0.5, 0.6) is 0 Å². The van der Waals surface area contributed by atoms with Crippen molar-refractivity contribution in [2.45, 2.75) is 4.30 Å². The van der Waals surface area contributed by atoms with Crippen LogP contribution in [-0.4, -0.2) is 13.4 Å². The van der Waals surface area contributed by atoms with Gasteiger partial charge in [-0.3, -0.25) is 4.98 Å². The van der Waals surface area contributed by atoms with Crippen molar-refractivity contribution in [1.82, 2.24) is 4.98 Å². The largest absolute Gasteiger partial charge is 0.265 e. The molecular formula is C6H7Cl4CrNO3. The second kappa shape index (κ2) is 10.9. The van der Waals surface area contributed by atoms with Gasteiger partial charge >= 0.3 is 34.2 Å². The summed E-state index contributed by atoms with van der Waals surface area (Å²) in [6.45, 7) is 0. The van der Waals surface area contributed by atoms with E-state index in [9.17, 15) is 0 Å². The van der Waals surface area contributed by atoms with Gasteiger partial charge in [-0.15, -0.1) is 0 Å². The van der Waals surface area contributed by atoms with E-state index in [4.69, 9.17) is 46.6 Å². The molecule has 15 heavy (non-hydrogen) atoms. The van der Waals surface area contributed by atoms with Gasteiger partial charge < -0.3 is 0 Å². The van der Waals surface area contributed by atoms with Gasteiger partial charge in [-0.25, -0.2) is 0 Å². The fraction of sp³-hybridized carbons (Fsp3) is 0.167. The minimum Gasteiger partial charge on any atom is -0.265 e. The maximum absolute atomic E-state index is 9.03. The number of pyridine rings is 1. The van der Waals surface area contributed by atoms with Gasteiger partial charge in [0.2, 0.25) is 0 Å². The normalized spacial score (nSPS) is 9.47. The van der Waals surface area contributed by atoms with Crippen molar-refractivity contribution in [2.75, 3.05) is 0 Å². The zero-order valence-corrected chi connectivity index (χ0v) is 11.4. The van der Waals surface area contributed by atoms with Crippen LogP contribution in [0.25, 0.3) is 0 Å². The Bertz CT molecular complexity index is 281. The van der Waals surface area contributed by atoms with Crippen LogP contribution in [0.1, 0.15) is 0 Å². The number of halogens is 4. The third kappa shape index (κ3) is 54.0. The zero-order chi connectivity index (χ0) is 12.3. The van der Waals surface area contributed by atoms with E-state index in [0.29, 0.717) is 0 Å². The van der Waals surface area contributed by atoms with Crippen molar-refractivity contribution in [3.8, 4) is 0 Å². The van der Waals surface area contributed by atoms with E-state index in [0.717, 1.165) is 0 Å². The molecule has 0 atom stereocenters. The second-order valence-electron chi connectivity index (χ2n) is 1.68. The molecule has 1 rings (SSSR count). The van der Waals surface area contributed by atoms with Crippen LogP contribution in [0.15, 0.2) is 30.6 Å². The van der Waals surface area contributed by atoms with Crippen molar-refractivity contribution in [3.63, 3.8) is 0 Å². The number of rotatable bonds is 0. The van der Waals surface area contributed by atoms with Crippen LogP contribution < -0.4 is 0 Å². The van der Waals surface area contributed by atoms with Crippen molar-refractivity contribution in [2.24, 2.45) is 0 Å². The Morgan fingerprint density at radius 1 is 1.07 bits per heavy atom. The molecule has 0 saturated heterocycles. The third-order valence-electron chi connectivity index (χ3n) is 0.566. The van der Waals surface area contributed by atoms with E-state index in [1.165, 1.54) is 0 Å². The molecule has 1 heterocycles. The van der Waals surface area contributed by atoms with Gasteiger partial charge in [-0.1, -0.05) is 40.9 Å². The van der Waals surface area contributed by atoms with Crippen molar-refractivity contribution in [1.29, 1.82) is 0 Å². The molecule has 88 valence electrons. The van der Waals surface area contributed by atoms with Crippen LogP contribution >= 0.6 is 44.9 Å². The number of aromatic nitrogens is 1. The second-order valence-corrected chi connectivity index (χ2v) is 6.56. The number of hydrogen-bond donors (Lipinski definition) is 1. The maximum Gasteiger partial charge on any atom is 0.0267 e. The van der Waals surface area contributed by atoms with Crippen molar-refractivity contribution in [3.05, 3.63) is 30.6 Å². The molecular weight excluding hydrogens is 328 g/mol. The molecule has 0 unspecified atom stereocenters. The topological polar surface area (TPSA) is 67.3 Å². The molecule has 0 bridgehead atoms. The zero-order valence-electron chi connectivity index (χ0n) is 7.10. The Morgan fingerprint density at radius 3 is 1.40 bits per heavy atom. The minimum absolute atomic E-state index is 0.750. The van der Waals surface area contributed by atoms with Crippen LogP contribution in [0, 0.1) is 0 Å². The molecule has 0 spiro atoms. The molecule has 0 aliphatic rings. The van der Waals surface area contributed by atoms with E-state index in [-0.39, 0.29) is 0 Å². The monoisotopic (exact) mass is 333 g/mol. The summed E-state index contributed by atoms with van der Waals surface area (Å²) < 4.78 is 24.6. The van der Waals surface area contributed by atoms with Gasteiger partial charge in [-0.2, -0.15) is 0 Å². The summed E-state index contributed by atoms with van der Waals surface area (Å²) in [4.78, 5) is 3.78. The van der Waals surface area contributed by atoms with Crippen molar-refractivity contribution < 1.29 is 24.1 Å². The van der Waals surface area contributed by atoms with Crippen LogP contribution in [0.2, 0.25) is 0 Å². The van der Waals surface area contributed by atoms with E-state index < -0.39 is 16.7 Å². The molecule has 0 radical (unpaired) electrons. The summed E-state index contributed by atoms with van der Waals surface area (Å²) in [6, 6.07) is 5.72. The number of nitrogens with zero attached hydrogens (tertiary/aromatic N) is 1. The first-order valence-corrected chi connectivity index (χ1v) is 7.85. The quantitative estimate of drug-likeness (QED) is 0.741. The molecule has 9 heteroatoms. The summed E-state index contributed by atoms with van der Waals surface area (Å²) in [7, 11) is 4.13. The standard InChI is InChI=1S/C5H5N.CHCl3.ClH.Cr.H2O.2O/c1-2-4-6-5-3-1;2-1(3)4;;;;;/h1-5H;1H;1H;;1H2;;/q;;;+2;;;/p-2. The maximum atomic E-state index is 9.03. The van der Waals surface area contributed by atoms with E-state index >= 15 is 0 Å². The molecule has 1 aromatic rings. The minimum atomic E-state index is -4.78. The predicted molar refractivity (Wildman–Crippen MR) is 55.0 cm³/mol. The molecule has 0 aliphatic heterocycles. The molecule has 4 nitrogen and oxygen atoms in total. The molecule has 0 saturated carbocycles. The molecule has 0 aromatic carbocycles. The van der Waals surface area contributed by atoms with E-state index in [1.807, 2.05) is 18.2 Å². The Balaban J connectivity index is 0. The van der Waals surface area contributed by atoms with Crippen LogP contribution in [0.3, 0.4) is 0 Å². The molecule has 0 amide bonds. The summed E-state index contributed by atoms with van der Waals surface area (Å²) in [6.07, 6.45) is 3.50. The Labute approximate surface area is 108 Å². The van der Waals surface area contributed by atoms with Gasteiger partial charge in [0.25, 0.3) is 0 Å². The molecule has 1 N–H and O–H groups in total. The van der Waals surface area contributed by atoms with Crippen LogP contribution in [0.4, 0.5) is 0 Å². The van der Waals surface area contributed by atoms with E-state index in [2.05, 4.69) is 15.0 Å². The summed E-state index contributed by atoms with van der Waals surface area (Å²) in [5, 5.41) is 0. The fourth-order valence-corrected chi connectivity index (χ4v) is 0.313. The Kier molecular flexibility index (Phi) is 12.9. The summed E-state index contributed by atoms with van der Waals surface area (Å²) in [5.74, 6) is 0. The Hall–Kier alpha value is 0.402. The molecule has 0 fully saturated rings. The number of hydrogen-bond acceptors (Lipinski definition) is 3. The molecule has 0 aliphatic carbocycles. The third-order valence-corrected chi connectivity index (χ3v) is 0.566. The first-order chi connectivity index (χ1) is 6.73. The predicted octanol–water partition coefficient (Wildman–Crippen LogP) is 2.96. The van der Waals surface area contributed by atoms with Crippen LogP contribution in [-0.2, 0) is 20.0 Å². The SMILES string of the molecule is ClC(Cl)Cl.[O]=[Cr](=[O])([OH])[Cl].c1ccncc1. The smallest absolute Gasteiger partial charge is 0.0267 e. The average Bonchev–Trinajstić information content (AvgIpc) is 2.03. The number of alkyl halides is 3. The average molecular weight is 335 g/mol. The van der Waals surface area contributed by atoms with Gasteiger partial charge in [-0.05, 0) is 12.1 Å². The van der Waals surface area contributed by atoms with Gasteiger partial charge in [0.15, 0.2) is 4.30 Å². The first-order valence-electron chi connectivity index (χ1n) is 3.17. The Morgan fingerprint density at radius 2 is 1.33 bits per heavy atom. The summed E-state index contributed by atoms with van der Waals surface area (Å²) in [5.41, 5.74) is 0. The van der Waals surface area contributed by atoms with Gasteiger partial charge in [0.05, 0.1) is 0 Å². The fourth-order valence-electron chi connectivity index (χ4n) is 0.313.